The van der Waals surface area contributed by atoms with Crippen LogP contribution in [0.5, 0.6) is 5.75 Å². The highest BCUT2D eigenvalue weighted by atomic mass is 32.2. The molecule has 0 aliphatic heterocycles. The van der Waals surface area contributed by atoms with E-state index in [-0.39, 0.29) is 0 Å². The maximum Gasteiger partial charge on any atom is 0.132 e. The highest BCUT2D eigenvalue weighted by molar-refractivity contribution is 7.99. The van der Waals surface area contributed by atoms with Crippen LogP contribution in [0.4, 0.5) is 0 Å². The summed E-state index contributed by atoms with van der Waals surface area (Å²) in [5.74, 6) is 2.02. The fourth-order valence-electron chi connectivity index (χ4n) is 1.76. The van der Waals surface area contributed by atoms with Crippen LogP contribution in [0.15, 0.2) is 46.7 Å². The van der Waals surface area contributed by atoms with Gasteiger partial charge in [-0.05, 0) is 36.5 Å². The number of nitrogens with one attached hydrogen (secondary N) is 1. The molecule has 0 radical (unpaired) electrons. The quantitative estimate of drug-likeness (QED) is 0.592. The zero-order chi connectivity index (χ0) is 13.3. The van der Waals surface area contributed by atoms with E-state index in [4.69, 9.17) is 4.74 Å². The maximum absolute atomic E-state index is 5.33. The number of benzene rings is 1. The molecular weight excluding hydrogens is 274 g/mol. The van der Waals surface area contributed by atoms with Crippen LogP contribution >= 0.6 is 23.1 Å². The van der Waals surface area contributed by atoms with Crippen LogP contribution in [0.2, 0.25) is 0 Å². The third-order valence-electron chi connectivity index (χ3n) is 2.73. The van der Waals surface area contributed by atoms with E-state index >= 15 is 0 Å². The number of hydrogen-bond acceptors (Lipinski definition) is 4. The Morgan fingerprint density at radius 2 is 2.05 bits per heavy atom. The highest BCUT2D eigenvalue weighted by Gasteiger charge is 2.01. The Labute approximate surface area is 123 Å². The number of rotatable bonds is 8. The molecule has 0 amide bonds. The lowest BCUT2D eigenvalue weighted by atomic mass is 10.3. The normalized spacial score (nSPS) is 10.6. The fraction of sp³-hybridized carbons (Fsp3) is 0.333. The van der Waals surface area contributed by atoms with E-state index < -0.39 is 0 Å². The van der Waals surface area contributed by atoms with Gasteiger partial charge in [-0.25, -0.2) is 0 Å². The van der Waals surface area contributed by atoms with Gasteiger partial charge in [-0.2, -0.15) is 0 Å². The van der Waals surface area contributed by atoms with E-state index in [2.05, 4.69) is 35.0 Å². The molecule has 2 nitrogen and oxygen atoms in total. The first-order valence-electron chi connectivity index (χ1n) is 6.39. The number of methoxy groups -OCH3 is 1. The molecule has 0 spiro atoms. The highest BCUT2D eigenvalue weighted by Crippen LogP contribution is 2.28. The van der Waals surface area contributed by atoms with Gasteiger partial charge < -0.3 is 10.1 Å². The van der Waals surface area contributed by atoms with Crippen molar-refractivity contribution in [1.82, 2.24) is 5.32 Å². The van der Waals surface area contributed by atoms with Gasteiger partial charge in [0.1, 0.15) is 5.75 Å². The van der Waals surface area contributed by atoms with Gasteiger partial charge in [-0.15, -0.1) is 23.1 Å². The molecule has 0 atom stereocenters. The fourth-order valence-corrected chi connectivity index (χ4v) is 3.41. The number of thiophene rings is 1. The van der Waals surface area contributed by atoms with Crippen molar-refractivity contribution in [1.29, 1.82) is 0 Å². The second-order valence-corrected chi connectivity index (χ2v) is 6.25. The molecule has 102 valence electrons. The van der Waals surface area contributed by atoms with Gasteiger partial charge in [-0.1, -0.05) is 18.2 Å². The second-order valence-electron chi connectivity index (χ2n) is 4.08. The van der Waals surface area contributed by atoms with Gasteiger partial charge in [0.15, 0.2) is 0 Å². The molecule has 0 unspecified atom stereocenters. The molecule has 2 aromatic rings. The molecule has 19 heavy (non-hydrogen) atoms. The summed E-state index contributed by atoms with van der Waals surface area (Å²) >= 11 is 3.66. The van der Waals surface area contributed by atoms with Crippen molar-refractivity contribution in [2.24, 2.45) is 0 Å². The topological polar surface area (TPSA) is 21.3 Å². The van der Waals surface area contributed by atoms with Gasteiger partial charge in [-0.3, -0.25) is 0 Å². The van der Waals surface area contributed by atoms with Crippen molar-refractivity contribution in [3.8, 4) is 5.75 Å². The first-order chi connectivity index (χ1) is 9.40. The summed E-state index contributed by atoms with van der Waals surface area (Å²) < 4.78 is 5.33. The van der Waals surface area contributed by atoms with Crippen LogP contribution in [-0.2, 0) is 6.42 Å². The third-order valence-corrected chi connectivity index (χ3v) is 4.73. The Hall–Kier alpha value is -0.970. The summed E-state index contributed by atoms with van der Waals surface area (Å²) in [6, 6.07) is 12.5. The van der Waals surface area contributed by atoms with E-state index in [1.54, 1.807) is 7.11 Å². The molecule has 1 aromatic heterocycles. The molecule has 1 heterocycles. The molecule has 2 rings (SSSR count). The minimum absolute atomic E-state index is 0.964. The third kappa shape index (κ3) is 4.90. The summed E-state index contributed by atoms with van der Waals surface area (Å²) in [4.78, 5) is 2.66. The first kappa shape index (κ1) is 14.4. The molecule has 0 saturated carbocycles. The van der Waals surface area contributed by atoms with Crippen molar-refractivity contribution in [3.63, 3.8) is 0 Å². The van der Waals surface area contributed by atoms with Crippen LogP contribution in [0, 0.1) is 0 Å². The van der Waals surface area contributed by atoms with Crippen LogP contribution in [0.25, 0.3) is 0 Å². The molecule has 4 heteroatoms. The summed E-state index contributed by atoms with van der Waals surface area (Å²) in [5, 5.41) is 5.61. The van der Waals surface area contributed by atoms with Gasteiger partial charge in [0.25, 0.3) is 0 Å². The van der Waals surface area contributed by atoms with Crippen molar-refractivity contribution in [2.75, 3.05) is 26.0 Å². The van der Waals surface area contributed by atoms with E-state index in [0.29, 0.717) is 0 Å². The van der Waals surface area contributed by atoms with Crippen molar-refractivity contribution in [3.05, 3.63) is 46.7 Å². The Morgan fingerprint density at radius 3 is 2.84 bits per heavy atom. The molecule has 1 N–H and O–H groups in total. The molecule has 0 saturated heterocycles. The second kappa shape index (κ2) is 8.25. The van der Waals surface area contributed by atoms with Gasteiger partial charge in [0.2, 0.25) is 0 Å². The first-order valence-corrected chi connectivity index (χ1v) is 8.25. The van der Waals surface area contributed by atoms with Gasteiger partial charge in [0.05, 0.1) is 7.11 Å². The van der Waals surface area contributed by atoms with Crippen molar-refractivity contribution >= 4 is 23.1 Å². The van der Waals surface area contributed by atoms with Crippen molar-refractivity contribution < 1.29 is 4.74 Å². The van der Waals surface area contributed by atoms with E-state index in [9.17, 15) is 0 Å². The number of para-hydroxylation sites is 1. The molecule has 0 aliphatic rings. The zero-order valence-electron chi connectivity index (χ0n) is 11.1. The van der Waals surface area contributed by atoms with Gasteiger partial charge >= 0.3 is 0 Å². The summed E-state index contributed by atoms with van der Waals surface area (Å²) in [7, 11) is 1.72. The monoisotopic (exact) mass is 293 g/mol. The Morgan fingerprint density at radius 1 is 1.16 bits per heavy atom. The number of hydrogen-bond donors (Lipinski definition) is 1. The lowest BCUT2D eigenvalue weighted by Crippen LogP contribution is -2.19. The minimum atomic E-state index is 0.964. The largest absolute Gasteiger partial charge is 0.496 e. The Kier molecular flexibility index (Phi) is 6.27. The number of ether oxygens (including phenoxy) is 1. The standard InChI is InChI=1S/C15H19NOS2/c1-17-14-6-2-3-7-15(14)19-12-10-16-9-8-13-5-4-11-18-13/h2-7,11,16H,8-10,12H2,1H3. The summed E-state index contributed by atoms with van der Waals surface area (Å²) in [6.07, 6.45) is 1.12. The summed E-state index contributed by atoms with van der Waals surface area (Å²) in [5.41, 5.74) is 0. The van der Waals surface area contributed by atoms with Crippen LogP contribution in [0.1, 0.15) is 4.88 Å². The van der Waals surface area contributed by atoms with Crippen LogP contribution in [-0.4, -0.2) is 26.0 Å². The average molecular weight is 293 g/mol. The van der Waals surface area contributed by atoms with Crippen molar-refractivity contribution in [2.45, 2.75) is 11.3 Å². The van der Waals surface area contributed by atoms with E-state index in [1.165, 1.54) is 9.77 Å². The minimum Gasteiger partial charge on any atom is -0.496 e. The predicted octanol–water partition coefficient (Wildman–Crippen LogP) is 3.68. The van der Waals surface area contributed by atoms with E-state index in [0.717, 1.165) is 31.0 Å². The number of thioether (sulfide) groups is 1. The smallest absolute Gasteiger partial charge is 0.132 e. The van der Waals surface area contributed by atoms with Crippen LogP contribution < -0.4 is 10.1 Å². The SMILES string of the molecule is COc1ccccc1SCCNCCc1cccs1. The van der Waals surface area contributed by atoms with Gasteiger partial charge in [0, 0.05) is 22.1 Å². The lowest BCUT2D eigenvalue weighted by molar-refractivity contribution is 0.405. The molecule has 0 aliphatic carbocycles. The molecule has 0 fully saturated rings. The van der Waals surface area contributed by atoms with Crippen LogP contribution in [0.3, 0.4) is 0 Å². The lowest BCUT2D eigenvalue weighted by Gasteiger charge is -2.08. The Balaban J connectivity index is 1.61. The molecule has 0 bridgehead atoms. The molecular formula is C15H19NOS2. The maximum atomic E-state index is 5.33. The Bertz CT molecular complexity index is 471. The summed E-state index contributed by atoms with van der Waals surface area (Å²) in [6.45, 7) is 2.07. The zero-order valence-corrected chi connectivity index (χ0v) is 12.7. The predicted molar refractivity (Wildman–Crippen MR) is 84.6 cm³/mol. The van der Waals surface area contributed by atoms with E-state index in [1.807, 2.05) is 35.2 Å². The average Bonchev–Trinajstić information content (AvgIpc) is 2.96. The molecule has 1 aromatic carbocycles.